The van der Waals surface area contributed by atoms with E-state index in [1.54, 1.807) is 19.9 Å². The largest absolute Gasteiger partial charge is 0.462 e. The number of nitrogens with zero attached hydrogens (tertiary/aromatic N) is 2. The molecule has 0 spiro atoms. The van der Waals surface area contributed by atoms with Crippen LogP contribution in [0.3, 0.4) is 0 Å². The lowest BCUT2D eigenvalue weighted by Crippen LogP contribution is -2.29. The number of carbonyl (C=O) groups excluding carboxylic acids is 1. The number of aromatic nitrogens is 2. The Balaban J connectivity index is 3.23. The van der Waals surface area contributed by atoms with Crippen molar-refractivity contribution < 1.29 is 9.53 Å². The van der Waals surface area contributed by atoms with Gasteiger partial charge in [-0.05, 0) is 13.8 Å². The average molecular weight is 222 g/mol. The van der Waals surface area contributed by atoms with Crippen LogP contribution in [0.2, 0.25) is 0 Å². The highest BCUT2D eigenvalue weighted by atomic mass is 16.5. The summed E-state index contributed by atoms with van der Waals surface area (Å²) in [7, 11) is 0. The molecule has 0 saturated carbocycles. The SMILES string of the molecule is C=CCn1c(C)ncc(C(=O)OCC)c1=O. The van der Waals surface area contributed by atoms with E-state index in [0.29, 0.717) is 12.4 Å². The Morgan fingerprint density at radius 1 is 1.69 bits per heavy atom. The van der Waals surface area contributed by atoms with Gasteiger partial charge in [0.05, 0.1) is 6.61 Å². The van der Waals surface area contributed by atoms with Crippen LogP contribution in [0.15, 0.2) is 23.6 Å². The van der Waals surface area contributed by atoms with Crippen LogP contribution in [0, 0.1) is 6.92 Å². The summed E-state index contributed by atoms with van der Waals surface area (Å²) in [5.74, 6) is -0.101. The second-order valence-corrected chi connectivity index (χ2v) is 3.14. The first-order valence-electron chi connectivity index (χ1n) is 4.96. The fraction of sp³-hybridized carbons (Fsp3) is 0.364. The van der Waals surface area contributed by atoms with Crippen LogP contribution < -0.4 is 5.56 Å². The van der Waals surface area contributed by atoms with Gasteiger partial charge in [0.25, 0.3) is 5.56 Å². The van der Waals surface area contributed by atoms with Crippen molar-refractivity contribution in [1.82, 2.24) is 9.55 Å². The van der Waals surface area contributed by atoms with Crippen LogP contribution >= 0.6 is 0 Å². The maximum absolute atomic E-state index is 11.9. The maximum atomic E-state index is 11.9. The number of allylic oxidation sites excluding steroid dienone is 1. The summed E-state index contributed by atoms with van der Waals surface area (Å²) in [4.78, 5) is 27.3. The van der Waals surface area contributed by atoms with Gasteiger partial charge >= 0.3 is 5.97 Å². The lowest BCUT2D eigenvalue weighted by Gasteiger charge is -2.08. The van der Waals surface area contributed by atoms with E-state index < -0.39 is 11.5 Å². The van der Waals surface area contributed by atoms with Gasteiger partial charge in [-0.1, -0.05) is 6.08 Å². The van der Waals surface area contributed by atoms with Crippen LogP contribution in [0.25, 0.3) is 0 Å². The van der Waals surface area contributed by atoms with E-state index in [1.165, 1.54) is 10.8 Å². The molecule has 0 aliphatic heterocycles. The summed E-state index contributed by atoms with van der Waals surface area (Å²) in [6.07, 6.45) is 2.82. The molecule has 0 saturated heterocycles. The minimum Gasteiger partial charge on any atom is -0.462 e. The summed E-state index contributed by atoms with van der Waals surface area (Å²) in [6.45, 7) is 7.48. The molecule has 0 atom stereocenters. The molecular weight excluding hydrogens is 208 g/mol. The van der Waals surface area contributed by atoms with Gasteiger partial charge in [0, 0.05) is 12.7 Å². The van der Waals surface area contributed by atoms with Gasteiger partial charge in [-0.15, -0.1) is 6.58 Å². The highest BCUT2D eigenvalue weighted by Gasteiger charge is 2.14. The van der Waals surface area contributed by atoms with E-state index in [2.05, 4.69) is 11.6 Å². The molecule has 1 heterocycles. The minimum atomic E-state index is -0.641. The van der Waals surface area contributed by atoms with Gasteiger partial charge in [0.1, 0.15) is 11.4 Å². The molecule has 0 fully saturated rings. The van der Waals surface area contributed by atoms with E-state index in [0.717, 1.165) is 0 Å². The Kier molecular flexibility index (Phi) is 3.99. The van der Waals surface area contributed by atoms with Gasteiger partial charge in [-0.25, -0.2) is 9.78 Å². The Morgan fingerprint density at radius 2 is 2.38 bits per heavy atom. The number of ether oxygens (including phenoxy) is 1. The van der Waals surface area contributed by atoms with E-state index in [1.807, 2.05) is 0 Å². The molecule has 0 aliphatic carbocycles. The van der Waals surface area contributed by atoms with Gasteiger partial charge in [0.15, 0.2) is 0 Å². The molecule has 86 valence electrons. The lowest BCUT2D eigenvalue weighted by atomic mass is 10.3. The zero-order valence-electron chi connectivity index (χ0n) is 9.40. The fourth-order valence-corrected chi connectivity index (χ4v) is 1.27. The predicted octanol–water partition coefficient (Wildman–Crippen LogP) is 0.914. The van der Waals surface area contributed by atoms with E-state index in [9.17, 15) is 9.59 Å². The van der Waals surface area contributed by atoms with Crippen molar-refractivity contribution in [2.75, 3.05) is 6.61 Å². The van der Waals surface area contributed by atoms with Crippen molar-refractivity contribution in [3.63, 3.8) is 0 Å². The topological polar surface area (TPSA) is 61.2 Å². The maximum Gasteiger partial charge on any atom is 0.345 e. The molecule has 5 heteroatoms. The van der Waals surface area contributed by atoms with Crippen molar-refractivity contribution in [2.45, 2.75) is 20.4 Å². The molecule has 0 amide bonds. The number of rotatable bonds is 4. The van der Waals surface area contributed by atoms with Gasteiger partial charge in [-0.3, -0.25) is 9.36 Å². The van der Waals surface area contributed by atoms with Crippen molar-refractivity contribution in [1.29, 1.82) is 0 Å². The van der Waals surface area contributed by atoms with Crippen LogP contribution in [0.1, 0.15) is 23.1 Å². The summed E-state index contributed by atoms with van der Waals surface area (Å²) < 4.78 is 6.14. The first kappa shape index (κ1) is 12.2. The smallest absolute Gasteiger partial charge is 0.345 e. The molecule has 0 radical (unpaired) electrons. The van der Waals surface area contributed by atoms with E-state index >= 15 is 0 Å². The molecule has 1 aromatic heterocycles. The van der Waals surface area contributed by atoms with E-state index in [4.69, 9.17) is 4.74 Å². The van der Waals surface area contributed by atoms with Gasteiger partial charge in [-0.2, -0.15) is 0 Å². The number of carbonyl (C=O) groups is 1. The third-order valence-corrected chi connectivity index (χ3v) is 2.05. The molecule has 16 heavy (non-hydrogen) atoms. The third kappa shape index (κ3) is 2.36. The van der Waals surface area contributed by atoms with Crippen molar-refractivity contribution in [3.8, 4) is 0 Å². The Bertz CT molecular complexity index is 463. The van der Waals surface area contributed by atoms with Crippen LogP contribution in [-0.2, 0) is 11.3 Å². The quantitative estimate of drug-likeness (QED) is 0.561. The molecule has 1 rings (SSSR count). The average Bonchev–Trinajstić information content (AvgIpc) is 2.24. The molecule has 0 bridgehead atoms. The number of hydrogen-bond donors (Lipinski definition) is 0. The Morgan fingerprint density at radius 3 is 2.94 bits per heavy atom. The van der Waals surface area contributed by atoms with Crippen molar-refractivity contribution >= 4 is 5.97 Å². The molecule has 0 N–H and O–H groups in total. The third-order valence-electron chi connectivity index (χ3n) is 2.05. The highest BCUT2D eigenvalue weighted by molar-refractivity contribution is 5.88. The molecule has 0 aromatic carbocycles. The molecule has 0 aliphatic rings. The summed E-state index contributed by atoms with van der Waals surface area (Å²) in [5.41, 5.74) is -0.444. The summed E-state index contributed by atoms with van der Waals surface area (Å²) in [6, 6.07) is 0. The van der Waals surface area contributed by atoms with Crippen LogP contribution in [-0.4, -0.2) is 22.1 Å². The first-order valence-corrected chi connectivity index (χ1v) is 4.96. The normalized spacial score (nSPS) is 9.88. The Labute approximate surface area is 93.4 Å². The lowest BCUT2D eigenvalue weighted by molar-refractivity contribution is 0.0523. The number of esters is 1. The molecular formula is C11H14N2O3. The monoisotopic (exact) mass is 222 g/mol. The standard InChI is InChI=1S/C11H14N2O3/c1-4-6-13-8(3)12-7-9(10(13)14)11(15)16-5-2/h4,7H,1,5-6H2,2-3H3. The highest BCUT2D eigenvalue weighted by Crippen LogP contribution is 1.97. The predicted molar refractivity (Wildman–Crippen MR) is 59.4 cm³/mol. The number of hydrogen-bond acceptors (Lipinski definition) is 4. The zero-order chi connectivity index (χ0) is 12.1. The first-order chi connectivity index (χ1) is 7.61. The van der Waals surface area contributed by atoms with Crippen LogP contribution in [0.5, 0.6) is 0 Å². The molecule has 0 unspecified atom stereocenters. The second kappa shape index (κ2) is 5.25. The second-order valence-electron chi connectivity index (χ2n) is 3.14. The van der Waals surface area contributed by atoms with Crippen molar-refractivity contribution in [2.24, 2.45) is 0 Å². The zero-order valence-corrected chi connectivity index (χ0v) is 9.40. The van der Waals surface area contributed by atoms with Gasteiger partial charge in [0.2, 0.25) is 0 Å². The van der Waals surface area contributed by atoms with Crippen LogP contribution in [0.4, 0.5) is 0 Å². The number of aryl methyl sites for hydroxylation is 1. The Hall–Kier alpha value is -1.91. The summed E-state index contributed by atoms with van der Waals surface area (Å²) >= 11 is 0. The molecule has 1 aromatic rings. The van der Waals surface area contributed by atoms with Crippen molar-refractivity contribution in [3.05, 3.63) is 40.6 Å². The minimum absolute atomic E-state index is 0.0469. The van der Waals surface area contributed by atoms with E-state index in [-0.39, 0.29) is 12.2 Å². The molecule has 5 nitrogen and oxygen atoms in total. The fourth-order valence-electron chi connectivity index (χ4n) is 1.27. The van der Waals surface area contributed by atoms with Gasteiger partial charge < -0.3 is 4.74 Å². The summed E-state index contributed by atoms with van der Waals surface area (Å²) in [5, 5.41) is 0.